The second kappa shape index (κ2) is 6.15. The number of benzene rings is 1. The maximum atomic E-state index is 12.0. The van der Waals surface area contributed by atoms with Gasteiger partial charge in [-0.05, 0) is 52.3 Å². The van der Waals surface area contributed by atoms with Gasteiger partial charge in [-0.15, -0.1) is 24.5 Å². The van der Waals surface area contributed by atoms with Gasteiger partial charge in [0.15, 0.2) is 0 Å². The highest BCUT2D eigenvalue weighted by Crippen LogP contribution is 2.27. The van der Waals surface area contributed by atoms with Gasteiger partial charge in [0.05, 0.1) is 14.4 Å². The summed E-state index contributed by atoms with van der Waals surface area (Å²) < 4.78 is 40.7. The lowest BCUT2D eigenvalue weighted by molar-refractivity contribution is -0.274. The number of rotatable bonds is 3. The van der Waals surface area contributed by atoms with Gasteiger partial charge >= 0.3 is 6.36 Å². The number of thiophene rings is 1. The molecule has 106 valence electrons. The minimum Gasteiger partial charge on any atom is -0.406 e. The van der Waals surface area contributed by atoms with E-state index in [4.69, 9.17) is 11.6 Å². The van der Waals surface area contributed by atoms with Crippen molar-refractivity contribution >= 4 is 49.7 Å². The summed E-state index contributed by atoms with van der Waals surface area (Å²) in [6.07, 6.45) is -4.70. The smallest absolute Gasteiger partial charge is 0.406 e. The SMILES string of the molecule is FC(F)(F)Oc1ccc(N=C(Cl)c2ccc(Br)s2)cc1. The van der Waals surface area contributed by atoms with Crippen molar-refractivity contribution in [2.24, 2.45) is 4.99 Å². The average molecular weight is 385 g/mol. The van der Waals surface area contributed by atoms with Crippen molar-refractivity contribution in [2.45, 2.75) is 6.36 Å². The van der Waals surface area contributed by atoms with Gasteiger partial charge in [0.2, 0.25) is 0 Å². The average Bonchev–Trinajstić information content (AvgIpc) is 2.77. The van der Waals surface area contributed by atoms with Crippen molar-refractivity contribution in [3.63, 3.8) is 0 Å². The summed E-state index contributed by atoms with van der Waals surface area (Å²) in [7, 11) is 0. The molecule has 0 aliphatic heterocycles. The van der Waals surface area contributed by atoms with Gasteiger partial charge in [-0.3, -0.25) is 0 Å². The Balaban J connectivity index is 2.14. The number of ether oxygens (including phenoxy) is 1. The molecule has 8 heteroatoms. The summed E-state index contributed by atoms with van der Waals surface area (Å²) in [5.74, 6) is -0.300. The van der Waals surface area contributed by atoms with Crippen LogP contribution in [0.3, 0.4) is 0 Å². The quantitative estimate of drug-likeness (QED) is 0.620. The van der Waals surface area contributed by atoms with Crippen molar-refractivity contribution in [1.82, 2.24) is 0 Å². The molecule has 0 spiro atoms. The van der Waals surface area contributed by atoms with Gasteiger partial charge in [-0.2, -0.15) is 0 Å². The molecular formula is C12H6BrClF3NOS. The molecule has 0 N–H and O–H groups in total. The molecule has 0 unspecified atom stereocenters. The fourth-order valence-corrected chi connectivity index (χ4v) is 2.86. The zero-order valence-corrected chi connectivity index (χ0v) is 12.8. The molecular weight excluding hydrogens is 379 g/mol. The van der Waals surface area contributed by atoms with Crippen LogP contribution in [-0.4, -0.2) is 11.5 Å². The van der Waals surface area contributed by atoms with Crippen molar-refractivity contribution in [2.75, 3.05) is 0 Å². The minimum atomic E-state index is -4.70. The van der Waals surface area contributed by atoms with Crippen LogP contribution in [0.4, 0.5) is 18.9 Å². The molecule has 2 aromatic rings. The van der Waals surface area contributed by atoms with E-state index in [2.05, 4.69) is 25.7 Å². The minimum absolute atomic E-state index is 0.269. The van der Waals surface area contributed by atoms with Crippen LogP contribution in [0.1, 0.15) is 4.88 Å². The highest BCUT2D eigenvalue weighted by molar-refractivity contribution is 9.11. The molecule has 0 radical (unpaired) electrons. The Hall–Kier alpha value is -1.05. The molecule has 0 bridgehead atoms. The zero-order valence-electron chi connectivity index (χ0n) is 9.62. The van der Waals surface area contributed by atoms with E-state index in [0.717, 1.165) is 8.66 Å². The van der Waals surface area contributed by atoms with Gasteiger partial charge in [0.25, 0.3) is 0 Å². The Morgan fingerprint density at radius 3 is 2.30 bits per heavy atom. The molecule has 20 heavy (non-hydrogen) atoms. The summed E-state index contributed by atoms with van der Waals surface area (Å²) in [6.45, 7) is 0. The van der Waals surface area contributed by atoms with Crippen LogP contribution in [0, 0.1) is 0 Å². The molecule has 0 amide bonds. The van der Waals surface area contributed by atoms with E-state index < -0.39 is 6.36 Å². The molecule has 1 aromatic carbocycles. The Bertz CT molecular complexity index is 624. The topological polar surface area (TPSA) is 21.6 Å². The van der Waals surface area contributed by atoms with Crippen LogP contribution in [0.5, 0.6) is 5.75 Å². The molecule has 0 atom stereocenters. The third kappa shape index (κ3) is 4.50. The molecule has 0 aliphatic carbocycles. The van der Waals surface area contributed by atoms with Crippen LogP contribution in [0.25, 0.3) is 0 Å². The predicted molar refractivity (Wildman–Crippen MR) is 77.2 cm³/mol. The maximum absolute atomic E-state index is 12.0. The first kappa shape index (κ1) is 15.3. The zero-order chi connectivity index (χ0) is 14.8. The van der Waals surface area contributed by atoms with E-state index in [1.807, 2.05) is 6.07 Å². The second-order valence-corrected chi connectivity index (χ2v) is 6.37. The Kier molecular flexibility index (Phi) is 4.72. The summed E-state index contributed by atoms with van der Waals surface area (Å²) in [4.78, 5) is 4.87. The van der Waals surface area contributed by atoms with Crippen LogP contribution in [0.2, 0.25) is 0 Å². The highest BCUT2D eigenvalue weighted by atomic mass is 79.9. The number of alkyl halides is 3. The van der Waals surface area contributed by atoms with Crippen LogP contribution in [-0.2, 0) is 0 Å². The van der Waals surface area contributed by atoms with E-state index in [1.54, 1.807) is 6.07 Å². The number of aliphatic imine (C=N–C) groups is 1. The number of halogens is 5. The lowest BCUT2D eigenvalue weighted by atomic mass is 10.3. The van der Waals surface area contributed by atoms with Crippen LogP contribution < -0.4 is 4.74 Å². The Morgan fingerprint density at radius 1 is 1.15 bits per heavy atom. The first-order valence-corrected chi connectivity index (χ1v) is 7.18. The van der Waals surface area contributed by atoms with E-state index in [0.29, 0.717) is 5.69 Å². The van der Waals surface area contributed by atoms with E-state index in [9.17, 15) is 13.2 Å². The van der Waals surface area contributed by atoms with Gasteiger partial charge in [0, 0.05) is 0 Å². The molecule has 0 aliphatic rings. The maximum Gasteiger partial charge on any atom is 0.573 e. The van der Waals surface area contributed by atoms with Crippen LogP contribution in [0.15, 0.2) is 45.2 Å². The number of hydrogen-bond acceptors (Lipinski definition) is 3. The predicted octanol–water partition coefficient (Wildman–Crippen LogP) is 5.73. The molecule has 0 fully saturated rings. The first-order chi connectivity index (χ1) is 9.33. The van der Waals surface area contributed by atoms with Crippen molar-refractivity contribution in [1.29, 1.82) is 0 Å². The largest absolute Gasteiger partial charge is 0.573 e. The summed E-state index contributed by atoms with van der Waals surface area (Å²) in [5, 5.41) is 0.269. The summed E-state index contributed by atoms with van der Waals surface area (Å²) in [5.41, 5.74) is 0.439. The van der Waals surface area contributed by atoms with Crippen molar-refractivity contribution in [3.8, 4) is 5.75 Å². The van der Waals surface area contributed by atoms with E-state index >= 15 is 0 Å². The molecule has 2 rings (SSSR count). The Morgan fingerprint density at radius 2 is 1.80 bits per heavy atom. The second-order valence-electron chi connectivity index (χ2n) is 3.55. The van der Waals surface area contributed by atoms with Gasteiger partial charge in [-0.1, -0.05) is 11.6 Å². The normalized spacial score (nSPS) is 12.6. The first-order valence-electron chi connectivity index (χ1n) is 5.19. The van der Waals surface area contributed by atoms with Crippen molar-refractivity contribution < 1.29 is 17.9 Å². The number of nitrogens with zero attached hydrogens (tertiary/aromatic N) is 1. The monoisotopic (exact) mass is 383 g/mol. The number of hydrogen-bond donors (Lipinski definition) is 0. The molecule has 0 saturated heterocycles. The third-order valence-electron chi connectivity index (χ3n) is 2.07. The standard InChI is InChI=1S/C12H6BrClF3NOS/c13-10-6-5-9(20-10)11(14)18-7-1-3-8(4-2-7)19-12(15,16)17/h1-6H. The van der Waals surface area contributed by atoms with Gasteiger partial charge in [-0.25, -0.2) is 4.99 Å². The lowest BCUT2D eigenvalue weighted by Gasteiger charge is -2.08. The molecule has 1 aromatic heterocycles. The molecule has 2 nitrogen and oxygen atoms in total. The van der Waals surface area contributed by atoms with Crippen LogP contribution >= 0.6 is 38.9 Å². The fourth-order valence-electron chi connectivity index (χ4n) is 1.32. The van der Waals surface area contributed by atoms with Crippen molar-refractivity contribution in [3.05, 3.63) is 45.1 Å². The lowest BCUT2D eigenvalue weighted by Crippen LogP contribution is -2.16. The van der Waals surface area contributed by atoms with E-state index in [1.165, 1.54) is 35.6 Å². The highest BCUT2D eigenvalue weighted by Gasteiger charge is 2.30. The third-order valence-corrected chi connectivity index (χ3v) is 4.10. The summed E-state index contributed by atoms with van der Waals surface area (Å²) in [6, 6.07) is 8.78. The van der Waals surface area contributed by atoms with Gasteiger partial charge in [0.1, 0.15) is 10.9 Å². The Labute approximate surface area is 130 Å². The summed E-state index contributed by atoms with van der Waals surface area (Å²) >= 11 is 10.7. The van der Waals surface area contributed by atoms with Gasteiger partial charge < -0.3 is 4.74 Å². The van der Waals surface area contributed by atoms with E-state index in [-0.39, 0.29) is 10.9 Å². The fraction of sp³-hybridized carbons (Fsp3) is 0.0833. The molecule has 1 heterocycles. The molecule has 0 saturated carbocycles.